The lowest BCUT2D eigenvalue weighted by atomic mass is 9.85. The fourth-order valence-corrected chi connectivity index (χ4v) is 6.56. The van der Waals surface area contributed by atoms with E-state index in [-0.39, 0.29) is 41.9 Å². The van der Waals surface area contributed by atoms with Crippen LogP contribution >= 0.6 is 11.3 Å². The molecule has 2 aliphatic heterocycles. The highest BCUT2D eigenvalue weighted by Crippen LogP contribution is 2.43. The summed E-state index contributed by atoms with van der Waals surface area (Å²) in [4.78, 5) is 49.2. The average molecular weight is 569 g/mol. The molecule has 4 amide bonds. The standard InChI is InChI=1S/C30H44N6O3S/c1-17(2)32-29(39)36-15-21(22-16-40-27(33-22)20-11-9-18(3)10-12-20)24-23(36)13-14-35(24)28(38)25(30(5,6)7)34-26(37)19(4)31-8/h9-12,16-17,19,21,23-25,31H,13-15H2,1-8H3,(H,32,39)(H,34,37)/t19-,21+,23+,24+,25+/m0/s1. The zero-order chi connectivity index (χ0) is 29.4. The number of rotatable bonds is 7. The molecule has 3 N–H and O–H groups in total. The van der Waals surface area contributed by atoms with Crippen molar-refractivity contribution in [1.29, 1.82) is 0 Å². The Balaban J connectivity index is 1.67. The molecule has 2 fully saturated rings. The van der Waals surface area contributed by atoms with E-state index in [9.17, 15) is 14.4 Å². The first kappa shape index (κ1) is 30.0. The number of benzene rings is 1. The minimum absolute atomic E-state index is 0.00574. The highest BCUT2D eigenvalue weighted by Gasteiger charge is 2.54. The molecule has 0 saturated carbocycles. The lowest BCUT2D eigenvalue weighted by Crippen LogP contribution is -2.59. The first-order valence-corrected chi connectivity index (χ1v) is 15.1. The Labute approximate surface area is 242 Å². The van der Waals surface area contributed by atoms with Gasteiger partial charge in [0.25, 0.3) is 0 Å². The molecular weight excluding hydrogens is 524 g/mol. The van der Waals surface area contributed by atoms with Crippen molar-refractivity contribution in [3.63, 3.8) is 0 Å². The molecule has 3 heterocycles. The zero-order valence-corrected chi connectivity index (χ0v) is 25.8. The van der Waals surface area contributed by atoms with E-state index in [0.717, 1.165) is 16.3 Å². The Morgan fingerprint density at radius 1 is 1.05 bits per heavy atom. The maximum Gasteiger partial charge on any atom is 0.317 e. The largest absolute Gasteiger partial charge is 0.342 e. The molecule has 0 spiro atoms. The number of urea groups is 1. The van der Waals surface area contributed by atoms with Gasteiger partial charge in [0, 0.05) is 36.0 Å². The topological polar surface area (TPSA) is 107 Å². The summed E-state index contributed by atoms with van der Waals surface area (Å²) >= 11 is 1.59. The zero-order valence-electron chi connectivity index (χ0n) is 24.9. The Bertz CT molecular complexity index is 1220. The van der Waals surface area contributed by atoms with Crippen molar-refractivity contribution in [2.24, 2.45) is 5.41 Å². The number of likely N-dealkylation sites (tertiary alicyclic amines) is 2. The van der Waals surface area contributed by atoms with Gasteiger partial charge < -0.3 is 25.8 Å². The predicted octanol–water partition coefficient (Wildman–Crippen LogP) is 3.74. The van der Waals surface area contributed by atoms with Gasteiger partial charge in [-0.2, -0.15) is 0 Å². The number of hydrogen-bond donors (Lipinski definition) is 3. The second kappa shape index (κ2) is 11.9. The number of likely N-dealkylation sites (N-methyl/N-ethyl adjacent to an activating group) is 1. The molecule has 1 aromatic carbocycles. The van der Waals surface area contributed by atoms with Crippen molar-refractivity contribution in [3.8, 4) is 10.6 Å². The number of aryl methyl sites for hydroxylation is 1. The van der Waals surface area contributed by atoms with Crippen LogP contribution in [-0.4, -0.2) is 83.0 Å². The molecule has 4 rings (SSSR count). The molecular formula is C30H44N6O3S. The van der Waals surface area contributed by atoms with E-state index >= 15 is 0 Å². The Hall–Kier alpha value is -2.98. The second-order valence-corrected chi connectivity index (χ2v) is 13.4. The van der Waals surface area contributed by atoms with Crippen LogP contribution in [0.4, 0.5) is 4.79 Å². The van der Waals surface area contributed by atoms with Crippen LogP contribution in [0.15, 0.2) is 29.6 Å². The van der Waals surface area contributed by atoms with Crippen molar-refractivity contribution in [2.75, 3.05) is 20.1 Å². The van der Waals surface area contributed by atoms with Gasteiger partial charge in [-0.15, -0.1) is 11.3 Å². The minimum Gasteiger partial charge on any atom is -0.342 e. The minimum atomic E-state index is -0.702. The monoisotopic (exact) mass is 568 g/mol. The van der Waals surface area contributed by atoms with Crippen LogP contribution < -0.4 is 16.0 Å². The van der Waals surface area contributed by atoms with Crippen LogP contribution in [0, 0.1) is 12.3 Å². The van der Waals surface area contributed by atoms with E-state index in [1.165, 1.54) is 5.56 Å². The van der Waals surface area contributed by atoms with Gasteiger partial charge in [-0.3, -0.25) is 9.59 Å². The van der Waals surface area contributed by atoms with Gasteiger partial charge >= 0.3 is 6.03 Å². The number of thiazole rings is 1. The van der Waals surface area contributed by atoms with E-state index in [4.69, 9.17) is 4.98 Å². The number of nitrogens with one attached hydrogen (secondary N) is 3. The van der Waals surface area contributed by atoms with E-state index in [0.29, 0.717) is 19.5 Å². The summed E-state index contributed by atoms with van der Waals surface area (Å²) in [6, 6.07) is 6.73. The molecule has 0 unspecified atom stereocenters. The summed E-state index contributed by atoms with van der Waals surface area (Å²) in [7, 11) is 1.72. The van der Waals surface area contributed by atoms with Gasteiger partial charge in [0.05, 0.1) is 23.8 Å². The van der Waals surface area contributed by atoms with E-state index < -0.39 is 17.5 Å². The van der Waals surface area contributed by atoms with Crippen molar-refractivity contribution < 1.29 is 14.4 Å². The summed E-state index contributed by atoms with van der Waals surface area (Å²) in [5.74, 6) is -0.450. The lowest BCUT2D eigenvalue weighted by molar-refractivity contribution is -0.140. The number of aromatic nitrogens is 1. The number of hydrogen-bond acceptors (Lipinski definition) is 6. The maximum absolute atomic E-state index is 14.2. The molecule has 5 atom stereocenters. The van der Waals surface area contributed by atoms with E-state index in [2.05, 4.69) is 52.5 Å². The molecule has 9 nitrogen and oxygen atoms in total. The van der Waals surface area contributed by atoms with Gasteiger partial charge in [0.2, 0.25) is 11.8 Å². The van der Waals surface area contributed by atoms with E-state index in [1.807, 2.05) is 44.4 Å². The van der Waals surface area contributed by atoms with Gasteiger partial charge in [-0.05, 0) is 46.6 Å². The Morgan fingerprint density at radius 3 is 2.33 bits per heavy atom. The van der Waals surface area contributed by atoms with Crippen LogP contribution in [0.3, 0.4) is 0 Å². The number of fused-ring (bicyclic) bond motifs is 1. The number of carbonyl (C=O) groups is 3. The van der Waals surface area contributed by atoms with E-state index in [1.54, 1.807) is 25.3 Å². The molecule has 218 valence electrons. The van der Waals surface area contributed by atoms with Crippen LogP contribution in [0.25, 0.3) is 10.6 Å². The highest BCUT2D eigenvalue weighted by atomic mass is 32.1. The van der Waals surface area contributed by atoms with Gasteiger partial charge in [0.15, 0.2) is 0 Å². The highest BCUT2D eigenvalue weighted by molar-refractivity contribution is 7.13. The smallest absolute Gasteiger partial charge is 0.317 e. The second-order valence-electron chi connectivity index (χ2n) is 12.5. The van der Waals surface area contributed by atoms with Gasteiger partial charge in [-0.25, -0.2) is 9.78 Å². The molecule has 0 aliphatic carbocycles. The summed E-state index contributed by atoms with van der Waals surface area (Å²) in [6.45, 7) is 14.6. The van der Waals surface area contributed by atoms with Gasteiger partial charge in [-0.1, -0.05) is 50.6 Å². The number of nitrogens with zero attached hydrogens (tertiary/aromatic N) is 3. The van der Waals surface area contributed by atoms with Crippen LogP contribution in [0.1, 0.15) is 65.1 Å². The molecule has 40 heavy (non-hydrogen) atoms. The molecule has 2 aliphatic rings. The first-order chi connectivity index (χ1) is 18.8. The number of amides is 4. The SMILES string of the molecule is CN[C@@H](C)C(=O)N[C@H](C(=O)N1CC[C@@H]2[C@H]1[C@@H](c1csc(-c3ccc(C)cc3)n1)CN2C(=O)NC(C)C)C(C)(C)C. The molecule has 10 heteroatoms. The van der Waals surface area contributed by atoms with Gasteiger partial charge in [0.1, 0.15) is 11.0 Å². The Morgan fingerprint density at radius 2 is 1.73 bits per heavy atom. The molecule has 0 radical (unpaired) electrons. The average Bonchev–Trinajstić information content (AvgIpc) is 3.61. The molecule has 2 aromatic rings. The molecule has 0 bridgehead atoms. The quantitative estimate of drug-likeness (QED) is 0.472. The van der Waals surface area contributed by atoms with Crippen molar-refractivity contribution in [2.45, 2.75) is 91.0 Å². The summed E-state index contributed by atoms with van der Waals surface area (Å²) in [6.07, 6.45) is 0.686. The van der Waals surface area contributed by atoms with Crippen molar-refractivity contribution in [3.05, 3.63) is 40.9 Å². The predicted molar refractivity (Wildman–Crippen MR) is 159 cm³/mol. The fourth-order valence-electron chi connectivity index (χ4n) is 5.67. The first-order valence-electron chi connectivity index (χ1n) is 14.2. The maximum atomic E-state index is 14.2. The summed E-state index contributed by atoms with van der Waals surface area (Å²) in [5, 5.41) is 12.0. The lowest BCUT2D eigenvalue weighted by Gasteiger charge is -2.37. The number of carbonyl (C=O) groups excluding carboxylic acids is 3. The third-order valence-corrected chi connectivity index (χ3v) is 8.92. The fraction of sp³-hybridized carbons (Fsp3) is 0.600. The van der Waals surface area contributed by atoms with Crippen molar-refractivity contribution in [1.82, 2.24) is 30.7 Å². The third-order valence-electron chi connectivity index (χ3n) is 8.01. The summed E-state index contributed by atoms with van der Waals surface area (Å²) in [5.41, 5.74) is 2.64. The van der Waals surface area contributed by atoms with Crippen LogP contribution in [0.5, 0.6) is 0 Å². The van der Waals surface area contributed by atoms with Crippen molar-refractivity contribution >= 4 is 29.2 Å². The summed E-state index contributed by atoms with van der Waals surface area (Å²) < 4.78 is 0. The third kappa shape index (κ3) is 6.17. The molecule has 2 saturated heterocycles. The Kier molecular flexibility index (Phi) is 8.89. The normalized spacial score (nSPS) is 22.3. The van der Waals surface area contributed by atoms with Crippen LogP contribution in [0.2, 0.25) is 0 Å². The van der Waals surface area contributed by atoms with Crippen LogP contribution in [-0.2, 0) is 9.59 Å². The molecule has 1 aromatic heterocycles.